The van der Waals surface area contributed by atoms with Crippen molar-refractivity contribution in [2.24, 2.45) is 0 Å². The van der Waals surface area contributed by atoms with Crippen molar-refractivity contribution in [3.63, 3.8) is 0 Å². The molecule has 0 aromatic heterocycles. The monoisotopic (exact) mass is 272 g/mol. The molecule has 0 aliphatic carbocycles. The van der Waals surface area contributed by atoms with Gasteiger partial charge in [0, 0.05) is 17.9 Å². The number of hydrogen-bond acceptors (Lipinski definition) is 7. The summed E-state index contributed by atoms with van der Waals surface area (Å²) in [6, 6.07) is 2.82. The molecule has 1 aromatic carbocycles. The molecular formula is C9H8N2O6S. The number of nitro groups is 2. The Labute approximate surface area is 106 Å². The Morgan fingerprint density at radius 1 is 1.22 bits per heavy atom. The highest BCUT2D eigenvalue weighted by Crippen LogP contribution is 2.27. The van der Waals surface area contributed by atoms with Crippen LogP contribution in [-0.2, 0) is 4.74 Å². The minimum absolute atomic E-state index is 0.0483. The zero-order valence-corrected chi connectivity index (χ0v) is 9.83. The Morgan fingerprint density at radius 2 is 1.83 bits per heavy atom. The molecule has 0 amide bonds. The van der Waals surface area contributed by atoms with E-state index in [4.69, 9.17) is 4.74 Å². The van der Waals surface area contributed by atoms with Crippen molar-refractivity contribution in [3.8, 4) is 0 Å². The van der Waals surface area contributed by atoms with E-state index in [1.807, 2.05) is 0 Å². The van der Waals surface area contributed by atoms with Gasteiger partial charge < -0.3 is 4.74 Å². The molecule has 9 heteroatoms. The molecule has 0 atom stereocenters. The molecule has 96 valence electrons. The number of nitrogens with zero attached hydrogens (tertiary/aromatic N) is 2. The minimum Gasteiger partial charge on any atom is -0.461 e. The van der Waals surface area contributed by atoms with E-state index in [9.17, 15) is 25.0 Å². The van der Waals surface area contributed by atoms with Crippen molar-refractivity contribution in [3.05, 3.63) is 44.0 Å². The molecule has 0 N–H and O–H groups in total. The maximum atomic E-state index is 11.4. The van der Waals surface area contributed by atoms with Crippen LogP contribution in [0.15, 0.2) is 18.2 Å². The fraction of sp³-hybridized carbons (Fsp3) is 0.222. The lowest BCUT2D eigenvalue weighted by Crippen LogP contribution is -2.08. The van der Waals surface area contributed by atoms with Crippen molar-refractivity contribution in [1.82, 2.24) is 0 Å². The van der Waals surface area contributed by atoms with Crippen LogP contribution < -0.4 is 0 Å². The highest BCUT2D eigenvalue weighted by molar-refractivity contribution is 7.80. The molecule has 0 radical (unpaired) electrons. The number of hydrogen-bond donors (Lipinski definition) is 1. The predicted octanol–water partition coefficient (Wildman–Crippen LogP) is 1.59. The number of esters is 1. The molecule has 18 heavy (non-hydrogen) atoms. The molecule has 0 fully saturated rings. The van der Waals surface area contributed by atoms with Crippen LogP contribution >= 0.6 is 12.6 Å². The Balaban J connectivity index is 3.11. The summed E-state index contributed by atoms with van der Waals surface area (Å²) in [6.07, 6.45) is 0. The zero-order valence-electron chi connectivity index (χ0n) is 8.94. The molecule has 0 heterocycles. The first kappa shape index (κ1) is 13.9. The van der Waals surface area contributed by atoms with E-state index in [1.165, 1.54) is 0 Å². The second-order valence-electron chi connectivity index (χ2n) is 3.08. The largest absolute Gasteiger partial charge is 0.461 e. The molecule has 1 rings (SSSR count). The number of benzene rings is 1. The van der Waals surface area contributed by atoms with E-state index < -0.39 is 27.2 Å². The summed E-state index contributed by atoms with van der Waals surface area (Å²) in [5.74, 6) is -0.483. The Morgan fingerprint density at radius 3 is 2.33 bits per heavy atom. The molecule has 8 nitrogen and oxygen atoms in total. The van der Waals surface area contributed by atoms with E-state index in [0.29, 0.717) is 5.75 Å². The van der Waals surface area contributed by atoms with Crippen LogP contribution in [0.25, 0.3) is 0 Å². The van der Waals surface area contributed by atoms with E-state index >= 15 is 0 Å². The fourth-order valence-corrected chi connectivity index (χ4v) is 1.26. The summed E-state index contributed by atoms with van der Waals surface area (Å²) < 4.78 is 4.70. The van der Waals surface area contributed by atoms with Gasteiger partial charge in [0.2, 0.25) is 0 Å². The maximum absolute atomic E-state index is 11.4. The third kappa shape index (κ3) is 3.17. The quantitative estimate of drug-likeness (QED) is 0.377. The molecule has 0 bridgehead atoms. The van der Waals surface area contributed by atoms with Crippen LogP contribution in [0.2, 0.25) is 0 Å². The second-order valence-corrected chi connectivity index (χ2v) is 3.52. The molecule has 0 saturated carbocycles. The van der Waals surface area contributed by atoms with Gasteiger partial charge in [-0.3, -0.25) is 20.2 Å². The molecule has 0 aliphatic rings. The van der Waals surface area contributed by atoms with Crippen LogP contribution in [0, 0.1) is 20.2 Å². The first-order chi connectivity index (χ1) is 8.47. The highest BCUT2D eigenvalue weighted by atomic mass is 32.1. The van der Waals surface area contributed by atoms with Crippen LogP contribution in [0.3, 0.4) is 0 Å². The summed E-state index contributed by atoms with van der Waals surface area (Å²) in [4.78, 5) is 30.8. The molecule has 1 aromatic rings. The van der Waals surface area contributed by atoms with Gasteiger partial charge in [0.25, 0.3) is 0 Å². The van der Waals surface area contributed by atoms with Crippen molar-refractivity contribution in [1.29, 1.82) is 0 Å². The van der Waals surface area contributed by atoms with E-state index in [2.05, 4.69) is 12.6 Å². The van der Waals surface area contributed by atoms with Gasteiger partial charge >= 0.3 is 17.3 Å². The number of nitro benzene ring substituents is 2. The minimum atomic E-state index is -0.923. The molecule has 0 aliphatic heterocycles. The summed E-state index contributed by atoms with van der Waals surface area (Å²) >= 11 is 3.83. The SMILES string of the molecule is O=C(OCCS)c1ccc([N+](=O)[O-])c([N+](=O)[O-])c1. The molecular weight excluding hydrogens is 264 g/mol. The van der Waals surface area contributed by atoms with Crippen LogP contribution in [-0.4, -0.2) is 28.2 Å². The highest BCUT2D eigenvalue weighted by Gasteiger charge is 2.25. The lowest BCUT2D eigenvalue weighted by Gasteiger charge is -2.02. The van der Waals surface area contributed by atoms with Crippen LogP contribution in [0.4, 0.5) is 11.4 Å². The van der Waals surface area contributed by atoms with Gasteiger partial charge in [-0.1, -0.05) is 0 Å². The Kier molecular flexibility index (Phi) is 4.60. The summed E-state index contributed by atoms with van der Waals surface area (Å²) in [7, 11) is 0. The number of ether oxygens (including phenoxy) is 1. The normalized spacial score (nSPS) is 9.83. The van der Waals surface area contributed by atoms with E-state index in [1.54, 1.807) is 0 Å². The molecule has 0 saturated heterocycles. The summed E-state index contributed by atoms with van der Waals surface area (Å²) in [5, 5.41) is 21.2. The van der Waals surface area contributed by atoms with Gasteiger partial charge in [-0.25, -0.2) is 4.79 Å². The van der Waals surface area contributed by atoms with Gasteiger partial charge in [0.15, 0.2) is 0 Å². The van der Waals surface area contributed by atoms with E-state index in [0.717, 1.165) is 18.2 Å². The van der Waals surface area contributed by atoms with E-state index in [-0.39, 0.29) is 12.2 Å². The summed E-state index contributed by atoms with van der Waals surface area (Å²) in [5.41, 5.74) is -1.54. The summed E-state index contributed by atoms with van der Waals surface area (Å²) in [6.45, 7) is 0.0483. The topological polar surface area (TPSA) is 113 Å². The Bertz CT molecular complexity index is 504. The standard InChI is InChI=1S/C9H8N2O6S/c12-9(17-3-4-18)6-1-2-7(10(13)14)8(5-6)11(15)16/h1-2,5,18H,3-4H2. The van der Waals surface area contributed by atoms with Crippen LogP contribution in [0.1, 0.15) is 10.4 Å². The fourth-order valence-electron chi connectivity index (χ4n) is 1.17. The zero-order chi connectivity index (χ0) is 13.7. The van der Waals surface area contributed by atoms with Crippen LogP contribution in [0.5, 0.6) is 0 Å². The van der Waals surface area contributed by atoms with Crippen molar-refractivity contribution in [2.45, 2.75) is 0 Å². The molecule has 0 spiro atoms. The molecule has 0 unspecified atom stereocenters. The van der Waals surface area contributed by atoms with Gasteiger partial charge in [0.05, 0.1) is 15.4 Å². The first-order valence-corrected chi connectivity index (χ1v) is 5.31. The number of thiol groups is 1. The second kappa shape index (κ2) is 5.96. The lowest BCUT2D eigenvalue weighted by molar-refractivity contribution is -0.422. The third-order valence-corrected chi connectivity index (χ3v) is 2.11. The van der Waals surface area contributed by atoms with Gasteiger partial charge in [0.1, 0.15) is 6.61 Å². The average Bonchev–Trinajstić information content (AvgIpc) is 2.34. The van der Waals surface area contributed by atoms with Gasteiger partial charge in [-0.15, -0.1) is 0 Å². The van der Waals surface area contributed by atoms with Crippen molar-refractivity contribution < 1.29 is 19.4 Å². The number of rotatable bonds is 5. The average molecular weight is 272 g/mol. The number of carbonyl (C=O) groups excluding carboxylic acids is 1. The number of carbonyl (C=O) groups is 1. The first-order valence-electron chi connectivity index (χ1n) is 4.68. The lowest BCUT2D eigenvalue weighted by atomic mass is 10.2. The third-order valence-electron chi connectivity index (χ3n) is 1.93. The van der Waals surface area contributed by atoms with Gasteiger partial charge in [-0.05, 0) is 6.07 Å². The van der Waals surface area contributed by atoms with Crippen molar-refractivity contribution in [2.75, 3.05) is 12.4 Å². The Hall–Kier alpha value is -2.16. The smallest absolute Gasteiger partial charge is 0.346 e. The maximum Gasteiger partial charge on any atom is 0.346 e. The predicted molar refractivity (Wildman–Crippen MR) is 63.9 cm³/mol. The van der Waals surface area contributed by atoms with Gasteiger partial charge in [-0.2, -0.15) is 12.6 Å². The van der Waals surface area contributed by atoms with Crippen molar-refractivity contribution >= 4 is 30.0 Å².